The summed E-state index contributed by atoms with van der Waals surface area (Å²) < 4.78 is 0. The summed E-state index contributed by atoms with van der Waals surface area (Å²) in [5.74, 6) is 0. The molecular formula is C10H13ClO. The van der Waals surface area contributed by atoms with Gasteiger partial charge < -0.3 is 5.11 Å². The molecule has 1 unspecified atom stereocenters. The quantitative estimate of drug-likeness (QED) is 0.712. The Bertz CT molecular complexity index is 292. The van der Waals surface area contributed by atoms with Gasteiger partial charge in [-0.3, -0.25) is 0 Å². The molecule has 1 nitrogen and oxygen atoms in total. The molecule has 0 saturated heterocycles. The van der Waals surface area contributed by atoms with Gasteiger partial charge in [0, 0.05) is 5.02 Å². The topological polar surface area (TPSA) is 20.2 Å². The molecule has 0 radical (unpaired) electrons. The summed E-state index contributed by atoms with van der Waals surface area (Å²) in [7, 11) is 0. The Hall–Kier alpha value is -0.530. The van der Waals surface area contributed by atoms with Crippen molar-refractivity contribution in [3.8, 4) is 0 Å². The highest BCUT2D eigenvalue weighted by Gasteiger charge is 2.07. The molecule has 0 aliphatic heterocycles. The molecule has 0 amide bonds. The molecule has 0 aliphatic rings. The zero-order valence-corrected chi connectivity index (χ0v) is 8.31. The Morgan fingerprint density at radius 2 is 1.92 bits per heavy atom. The maximum Gasteiger partial charge on any atom is 0.0765 e. The number of aliphatic hydroxyl groups excluding tert-OH is 1. The van der Waals surface area contributed by atoms with Crippen molar-refractivity contribution >= 4 is 11.6 Å². The first-order valence-electron chi connectivity index (χ1n) is 3.97. The van der Waals surface area contributed by atoms with Crippen molar-refractivity contribution in [3.05, 3.63) is 33.8 Å². The second kappa shape index (κ2) is 3.46. The van der Waals surface area contributed by atoms with Crippen LogP contribution in [0.25, 0.3) is 0 Å². The van der Waals surface area contributed by atoms with Crippen molar-refractivity contribution in [2.75, 3.05) is 0 Å². The van der Waals surface area contributed by atoms with Gasteiger partial charge in [0.15, 0.2) is 0 Å². The average Bonchev–Trinajstić information content (AvgIpc) is 1.96. The normalized spacial score (nSPS) is 13.1. The maximum absolute atomic E-state index is 9.39. The predicted molar refractivity (Wildman–Crippen MR) is 51.6 cm³/mol. The lowest BCUT2D eigenvalue weighted by molar-refractivity contribution is 0.198. The van der Waals surface area contributed by atoms with Gasteiger partial charge in [0.2, 0.25) is 0 Å². The van der Waals surface area contributed by atoms with Gasteiger partial charge in [-0.05, 0) is 49.6 Å². The molecular weight excluding hydrogens is 172 g/mol. The van der Waals surface area contributed by atoms with E-state index >= 15 is 0 Å². The fourth-order valence-electron chi connectivity index (χ4n) is 1.28. The Labute approximate surface area is 78.0 Å². The fraction of sp³-hybridized carbons (Fsp3) is 0.400. The molecule has 0 fully saturated rings. The average molecular weight is 185 g/mol. The first-order valence-corrected chi connectivity index (χ1v) is 4.35. The van der Waals surface area contributed by atoms with Crippen molar-refractivity contribution in [2.24, 2.45) is 0 Å². The second-order valence-corrected chi connectivity index (χ2v) is 3.55. The fourth-order valence-corrected chi connectivity index (χ4v) is 1.56. The highest BCUT2D eigenvalue weighted by atomic mass is 35.5. The van der Waals surface area contributed by atoms with Crippen LogP contribution in [0.3, 0.4) is 0 Å². The highest BCUT2D eigenvalue weighted by Crippen LogP contribution is 2.24. The largest absolute Gasteiger partial charge is 0.389 e. The first kappa shape index (κ1) is 9.56. The molecule has 66 valence electrons. The number of aryl methyl sites for hydroxylation is 1. The number of rotatable bonds is 1. The van der Waals surface area contributed by atoms with Crippen molar-refractivity contribution in [3.63, 3.8) is 0 Å². The standard InChI is InChI=1S/C10H13ClO/c1-6-4-9(11)5-10(7(6)2)8(3)12/h4-5,8,12H,1-3H3. The molecule has 2 heteroatoms. The van der Waals surface area contributed by atoms with Crippen LogP contribution in [0.2, 0.25) is 5.02 Å². The monoisotopic (exact) mass is 184 g/mol. The van der Waals surface area contributed by atoms with E-state index in [1.807, 2.05) is 26.0 Å². The van der Waals surface area contributed by atoms with E-state index in [-0.39, 0.29) is 0 Å². The number of hydrogen-bond donors (Lipinski definition) is 1. The molecule has 1 rings (SSSR count). The van der Waals surface area contributed by atoms with Gasteiger partial charge in [0.1, 0.15) is 0 Å². The van der Waals surface area contributed by atoms with E-state index in [0.29, 0.717) is 5.02 Å². The van der Waals surface area contributed by atoms with Crippen LogP contribution < -0.4 is 0 Å². The van der Waals surface area contributed by atoms with E-state index in [9.17, 15) is 5.11 Å². The highest BCUT2D eigenvalue weighted by molar-refractivity contribution is 6.30. The SMILES string of the molecule is Cc1cc(Cl)cc(C(C)O)c1C. The molecule has 0 bridgehead atoms. The van der Waals surface area contributed by atoms with E-state index in [1.165, 1.54) is 0 Å². The van der Waals surface area contributed by atoms with Crippen LogP contribution in [0.4, 0.5) is 0 Å². The van der Waals surface area contributed by atoms with Crippen LogP contribution >= 0.6 is 11.6 Å². The second-order valence-electron chi connectivity index (χ2n) is 3.11. The van der Waals surface area contributed by atoms with Crippen LogP contribution in [-0.2, 0) is 0 Å². The van der Waals surface area contributed by atoms with Gasteiger partial charge in [-0.15, -0.1) is 0 Å². The Kier molecular flexibility index (Phi) is 2.76. The molecule has 0 aromatic heterocycles. The molecule has 0 spiro atoms. The molecule has 1 aromatic carbocycles. The van der Waals surface area contributed by atoms with Crippen molar-refractivity contribution in [1.29, 1.82) is 0 Å². The molecule has 0 heterocycles. The molecule has 0 saturated carbocycles. The molecule has 1 N–H and O–H groups in total. The van der Waals surface area contributed by atoms with Crippen LogP contribution in [0, 0.1) is 13.8 Å². The third kappa shape index (κ3) is 1.79. The van der Waals surface area contributed by atoms with Crippen LogP contribution in [0.1, 0.15) is 29.7 Å². The van der Waals surface area contributed by atoms with Gasteiger partial charge in [-0.25, -0.2) is 0 Å². The van der Waals surface area contributed by atoms with E-state index in [0.717, 1.165) is 16.7 Å². The first-order chi connectivity index (χ1) is 5.52. The number of aliphatic hydroxyl groups is 1. The lowest BCUT2D eigenvalue weighted by atomic mass is 10.0. The zero-order chi connectivity index (χ0) is 9.30. The Morgan fingerprint density at radius 1 is 1.33 bits per heavy atom. The summed E-state index contributed by atoms with van der Waals surface area (Å²) >= 11 is 5.86. The Balaban J connectivity index is 3.28. The molecule has 12 heavy (non-hydrogen) atoms. The van der Waals surface area contributed by atoms with E-state index < -0.39 is 6.10 Å². The summed E-state index contributed by atoms with van der Waals surface area (Å²) in [6.45, 7) is 5.74. The minimum absolute atomic E-state index is 0.442. The summed E-state index contributed by atoms with van der Waals surface area (Å²) in [5, 5.41) is 10.1. The van der Waals surface area contributed by atoms with Crippen LogP contribution in [0.15, 0.2) is 12.1 Å². The van der Waals surface area contributed by atoms with Gasteiger partial charge in [0.25, 0.3) is 0 Å². The lowest BCUT2D eigenvalue weighted by Gasteiger charge is -2.11. The molecule has 0 aliphatic carbocycles. The minimum Gasteiger partial charge on any atom is -0.389 e. The van der Waals surface area contributed by atoms with E-state index in [4.69, 9.17) is 11.6 Å². The van der Waals surface area contributed by atoms with Gasteiger partial charge >= 0.3 is 0 Å². The zero-order valence-electron chi connectivity index (χ0n) is 7.56. The van der Waals surface area contributed by atoms with Gasteiger partial charge in [-0.1, -0.05) is 11.6 Å². The van der Waals surface area contributed by atoms with Crippen molar-refractivity contribution in [2.45, 2.75) is 26.9 Å². The summed E-state index contributed by atoms with van der Waals surface area (Å²) in [5.41, 5.74) is 3.16. The van der Waals surface area contributed by atoms with Crippen LogP contribution in [-0.4, -0.2) is 5.11 Å². The van der Waals surface area contributed by atoms with Crippen LogP contribution in [0.5, 0.6) is 0 Å². The summed E-state index contributed by atoms with van der Waals surface area (Å²) in [6, 6.07) is 3.72. The Morgan fingerprint density at radius 3 is 2.42 bits per heavy atom. The van der Waals surface area contributed by atoms with Gasteiger partial charge in [-0.2, -0.15) is 0 Å². The number of hydrogen-bond acceptors (Lipinski definition) is 1. The predicted octanol–water partition coefficient (Wildman–Crippen LogP) is 3.01. The summed E-state index contributed by atoms with van der Waals surface area (Å²) in [6.07, 6.45) is -0.442. The number of benzene rings is 1. The molecule has 1 aromatic rings. The lowest BCUT2D eigenvalue weighted by Crippen LogP contribution is -1.96. The summed E-state index contributed by atoms with van der Waals surface area (Å²) in [4.78, 5) is 0. The third-order valence-corrected chi connectivity index (χ3v) is 2.34. The molecule has 1 atom stereocenters. The minimum atomic E-state index is -0.442. The smallest absolute Gasteiger partial charge is 0.0765 e. The van der Waals surface area contributed by atoms with E-state index in [1.54, 1.807) is 6.92 Å². The van der Waals surface area contributed by atoms with Crippen molar-refractivity contribution in [1.82, 2.24) is 0 Å². The van der Waals surface area contributed by atoms with E-state index in [2.05, 4.69) is 0 Å². The third-order valence-electron chi connectivity index (χ3n) is 2.12. The van der Waals surface area contributed by atoms with Crippen molar-refractivity contribution < 1.29 is 5.11 Å². The number of halogens is 1. The maximum atomic E-state index is 9.39. The van der Waals surface area contributed by atoms with Gasteiger partial charge in [0.05, 0.1) is 6.10 Å².